The van der Waals surface area contributed by atoms with Crippen molar-refractivity contribution in [2.45, 2.75) is 51.0 Å². The molecule has 0 saturated carbocycles. The molecule has 2 heterocycles. The van der Waals surface area contributed by atoms with E-state index in [1.165, 1.54) is 0 Å². The number of ether oxygens (including phenoxy) is 2. The molecule has 1 saturated heterocycles. The van der Waals surface area contributed by atoms with Crippen LogP contribution in [0.1, 0.15) is 48.7 Å². The number of anilines is 2. The van der Waals surface area contributed by atoms with Gasteiger partial charge in [-0.05, 0) is 68.3 Å². The van der Waals surface area contributed by atoms with Gasteiger partial charge in [0.25, 0.3) is 11.8 Å². The number of benzene rings is 3. The SMILES string of the molecule is COc1ccc(C(=O)Nc2ccc(CN3C(=O)[C@@]4(O[C@@H](CCO)[C@H](C(C)(C)O)[C@H]4C)c4ccccc43)cc2)cc1. The molecule has 1 spiro atoms. The van der Waals surface area contributed by atoms with Crippen molar-refractivity contribution in [2.24, 2.45) is 11.8 Å². The molecule has 2 amide bonds. The second kappa shape index (κ2) is 10.7. The molecule has 2 aliphatic rings. The van der Waals surface area contributed by atoms with Gasteiger partial charge in [0.1, 0.15) is 5.75 Å². The van der Waals surface area contributed by atoms with Gasteiger partial charge in [-0.2, -0.15) is 0 Å². The number of hydrogen-bond acceptors (Lipinski definition) is 6. The number of aliphatic hydroxyl groups is 2. The maximum Gasteiger partial charge on any atom is 0.264 e. The molecular weight excluding hydrogens is 508 g/mol. The number of aliphatic hydroxyl groups excluding tert-OH is 1. The van der Waals surface area contributed by atoms with Gasteiger partial charge in [-0.15, -0.1) is 0 Å². The summed E-state index contributed by atoms with van der Waals surface area (Å²) in [5.41, 5.74) is 1.26. The fourth-order valence-corrected chi connectivity index (χ4v) is 6.41. The average molecular weight is 545 g/mol. The van der Waals surface area contributed by atoms with Crippen LogP contribution in [-0.4, -0.2) is 47.4 Å². The first-order chi connectivity index (χ1) is 19.1. The van der Waals surface area contributed by atoms with E-state index in [0.717, 1.165) is 16.8 Å². The number of nitrogens with one attached hydrogen (secondary N) is 1. The van der Waals surface area contributed by atoms with Crippen LogP contribution < -0.4 is 15.0 Å². The van der Waals surface area contributed by atoms with Gasteiger partial charge in [-0.1, -0.05) is 37.3 Å². The molecule has 3 aromatic rings. The molecule has 210 valence electrons. The molecule has 8 heteroatoms. The molecule has 0 aliphatic carbocycles. The van der Waals surface area contributed by atoms with Crippen molar-refractivity contribution in [1.29, 1.82) is 0 Å². The Bertz CT molecular complexity index is 1380. The van der Waals surface area contributed by atoms with Gasteiger partial charge in [-0.3, -0.25) is 9.59 Å². The van der Waals surface area contributed by atoms with Crippen LogP contribution >= 0.6 is 0 Å². The van der Waals surface area contributed by atoms with Crippen LogP contribution in [0.5, 0.6) is 5.75 Å². The van der Waals surface area contributed by atoms with Crippen molar-refractivity contribution >= 4 is 23.2 Å². The van der Waals surface area contributed by atoms with Gasteiger partial charge in [0.05, 0.1) is 31.0 Å². The largest absolute Gasteiger partial charge is 0.497 e. The minimum Gasteiger partial charge on any atom is -0.497 e. The number of amides is 2. The number of methoxy groups -OCH3 is 1. The summed E-state index contributed by atoms with van der Waals surface area (Å²) >= 11 is 0. The summed E-state index contributed by atoms with van der Waals surface area (Å²) in [5.74, 6) is -0.388. The number of carbonyl (C=O) groups excluding carboxylic acids is 2. The zero-order valence-corrected chi connectivity index (χ0v) is 23.3. The van der Waals surface area contributed by atoms with Crippen LogP contribution in [-0.2, 0) is 21.7 Å². The molecular formula is C32H36N2O6. The molecule has 3 N–H and O–H groups in total. The summed E-state index contributed by atoms with van der Waals surface area (Å²) in [4.78, 5) is 28.6. The summed E-state index contributed by atoms with van der Waals surface area (Å²) in [6, 6.07) is 21.9. The van der Waals surface area contributed by atoms with E-state index < -0.39 is 17.3 Å². The Morgan fingerprint density at radius 3 is 2.38 bits per heavy atom. The van der Waals surface area contributed by atoms with Gasteiger partial charge >= 0.3 is 0 Å². The molecule has 5 rings (SSSR count). The van der Waals surface area contributed by atoms with Crippen LogP contribution in [0, 0.1) is 11.8 Å². The van der Waals surface area contributed by atoms with E-state index in [4.69, 9.17) is 9.47 Å². The van der Waals surface area contributed by atoms with Crippen LogP contribution in [0.15, 0.2) is 72.8 Å². The number of rotatable bonds is 8. The van der Waals surface area contributed by atoms with E-state index in [-0.39, 0.29) is 30.3 Å². The first-order valence-corrected chi connectivity index (χ1v) is 13.6. The maximum absolute atomic E-state index is 14.2. The van der Waals surface area contributed by atoms with Gasteiger partial charge in [0.2, 0.25) is 0 Å². The van der Waals surface area contributed by atoms with Crippen molar-refractivity contribution in [3.05, 3.63) is 89.5 Å². The normalized spacial score (nSPS) is 23.9. The first-order valence-electron chi connectivity index (χ1n) is 13.6. The molecule has 0 aromatic heterocycles. The predicted octanol–water partition coefficient (Wildman–Crippen LogP) is 4.49. The third-order valence-electron chi connectivity index (χ3n) is 8.21. The zero-order chi connectivity index (χ0) is 28.7. The Morgan fingerprint density at radius 1 is 1.07 bits per heavy atom. The molecule has 1 fully saturated rings. The highest BCUT2D eigenvalue weighted by Gasteiger charge is 2.65. The predicted molar refractivity (Wildman–Crippen MR) is 152 cm³/mol. The van der Waals surface area contributed by atoms with Gasteiger partial charge in [0.15, 0.2) is 5.60 Å². The second-order valence-corrected chi connectivity index (χ2v) is 11.2. The van der Waals surface area contributed by atoms with E-state index in [1.807, 2.05) is 55.5 Å². The summed E-state index contributed by atoms with van der Waals surface area (Å²) in [6.45, 7) is 5.65. The van der Waals surface area contributed by atoms with Gasteiger partial charge in [0, 0.05) is 35.3 Å². The molecule has 40 heavy (non-hydrogen) atoms. The Labute approximate surface area is 234 Å². The third-order valence-corrected chi connectivity index (χ3v) is 8.21. The fourth-order valence-electron chi connectivity index (χ4n) is 6.41. The average Bonchev–Trinajstić information content (AvgIpc) is 3.36. The monoisotopic (exact) mass is 544 g/mol. The topological polar surface area (TPSA) is 108 Å². The van der Waals surface area contributed by atoms with Crippen molar-refractivity contribution in [2.75, 3.05) is 23.9 Å². The molecule has 0 unspecified atom stereocenters. The van der Waals surface area contributed by atoms with Crippen molar-refractivity contribution in [3.8, 4) is 5.75 Å². The Kier molecular flexibility index (Phi) is 7.44. The lowest BCUT2D eigenvalue weighted by atomic mass is 9.71. The highest BCUT2D eigenvalue weighted by Crippen LogP contribution is 2.57. The lowest BCUT2D eigenvalue weighted by Crippen LogP contribution is -2.46. The summed E-state index contributed by atoms with van der Waals surface area (Å²) in [6.07, 6.45) is -0.134. The minimum atomic E-state index is -1.24. The van der Waals surface area contributed by atoms with Gasteiger partial charge < -0.3 is 29.9 Å². The van der Waals surface area contributed by atoms with Crippen molar-refractivity contribution < 1.29 is 29.3 Å². The number of para-hydroxylation sites is 1. The third kappa shape index (κ3) is 4.76. The smallest absolute Gasteiger partial charge is 0.264 e. The highest BCUT2D eigenvalue weighted by molar-refractivity contribution is 6.07. The number of hydrogen-bond donors (Lipinski definition) is 3. The Balaban J connectivity index is 1.38. The second-order valence-electron chi connectivity index (χ2n) is 11.2. The van der Waals surface area contributed by atoms with Crippen molar-refractivity contribution in [3.63, 3.8) is 0 Å². The molecule has 0 bridgehead atoms. The first kappa shape index (κ1) is 27.8. The quantitative estimate of drug-likeness (QED) is 0.386. The van der Waals surface area contributed by atoms with E-state index in [9.17, 15) is 19.8 Å². The minimum absolute atomic E-state index is 0.0963. The van der Waals surface area contributed by atoms with Gasteiger partial charge in [-0.25, -0.2) is 0 Å². The molecule has 2 aliphatic heterocycles. The highest BCUT2D eigenvalue weighted by atomic mass is 16.5. The Hall–Kier alpha value is -3.72. The van der Waals surface area contributed by atoms with Crippen molar-refractivity contribution in [1.82, 2.24) is 0 Å². The molecule has 4 atom stereocenters. The Morgan fingerprint density at radius 2 is 1.75 bits per heavy atom. The standard InChI is InChI=1S/C32H36N2O6/c1-20-28(31(2,3)38)27(17-18-35)40-32(20)25-7-5-6-8-26(25)34(30(32)37)19-21-9-13-23(14-10-21)33-29(36)22-11-15-24(39-4)16-12-22/h5-16,20,27-28,35,38H,17-19H2,1-4H3,(H,33,36)/t20-,27+,28-,32+/m1/s1. The summed E-state index contributed by atoms with van der Waals surface area (Å²) in [5, 5.41) is 23.6. The molecule has 8 nitrogen and oxygen atoms in total. The number of nitrogens with zero attached hydrogens (tertiary/aromatic N) is 1. The summed E-state index contributed by atoms with van der Waals surface area (Å²) in [7, 11) is 1.58. The van der Waals surface area contributed by atoms with E-state index in [1.54, 1.807) is 50.1 Å². The van der Waals surface area contributed by atoms with Crippen LogP contribution in [0.2, 0.25) is 0 Å². The molecule has 0 radical (unpaired) electrons. The van der Waals surface area contributed by atoms with E-state index in [2.05, 4.69) is 5.32 Å². The van der Waals surface area contributed by atoms with Crippen LogP contribution in [0.3, 0.4) is 0 Å². The maximum atomic E-state index is 14.2. The lowest BCUT2D eigenvalue weighted by Gasteiger charge is -2.34. The zero-order valence-electron chi connectivity index (χ0n) is 23.3. The fraction of sp³-hybridized carbons (Fsp3) is 0.375. The van der Waals surface area contributed by atoms with E-state index in [0.29, 0.717) is 30.0 Å². The lowest BCUT2D eigenvalue weighted by molar-refractivity contribution is -0.146. The van der Waals surface area contributed by atoms with Crippen LogP contribution in [0.25, 0.3) is 0 Å². The summed E-state index contributed by atoms with van der Waals surface area (Å²) < 4.78 is 11.7. The van der Waals surface area contributed by atoms with E-state index >= 15 is 0 Å². The number of carbonyl (C=O) groups is 2. The van der Waals surface area contributed by atoms with Crippen LogP contribution in [0.4, 0.5) is 11.4 Å². The number of fused-ring (bicyclic) bond motifs is 2. The molecule has 3 aromatic carbocycles.